The summed E-state index contributed by atoms with van der Waals surface area (Å²) >= 11 is 1.53. The van der Waals surface area contributed by atoms with Crippen LogP contribution in [0.5, 0.6) is 0 Å². The molecule has 98 valence electrons. The molecule has 0 aliphatic rings. The van der Waals surface area contributed by atoms with Crippen LogP contribution in [0.2, 0.25) is 0 Å². The molecular formula is C12H10N2O4S. The Morgan fingerprint density at radius 2 is 2.21 bits per heavy atom. The fraction of sp³-hybridized carbons (Fsp3) is 0.0833. The summed E-state index contributed by atoms with van der Waals surface area (Å²) in [4.78, 5) is 21.2. The molecular weight excluding hydrogens is 268 g/mol. The molecule has 0 bridgehead atoms. The number of anilines is 1. The molecule has 1 heterocycles. The topological polar surface area (TPSA) is 92.5 Å². The highest BCUT2D eigenvalue weighted by molar-refractivity contribution is 7.07. The SMILES string of the molecule is O=C(O)c1ccc([N+](=O)[O-])c(NCc2ccsc2)c1. The van der Waals surface area contributed by atoms with Gasteiger partial charge in [0.05, 0.1) is 10.5 Å². The number of hydrogen-bond acceptors (Lipinski definition) is 5. The molecule has 0 fully saturated rings. The van der Waals surface area contributed by atoms with Gasteiger partial charge in [0.15, 0.2) is 0 Å². The molecule has 0 radical (unpaired) electrons. The van der Waals surface area contributed by atoms with Crippen LogP contribution in [0.25, 0.3) is 0 Å². The van der Waals surface area contributed by atoms with E-state index in [0.29, 0.717) is 6.54 Å². The maximum Gasteiger partial charge on any atom is 0.335 e. The van der Waals surface area contributed by atoms with Crippen LogP contribution < -0.4 is 5.32 Å². The highest BCUT2D eigenvalue weighted by atomic mass is 32.1. The molecule has 0 aliphatic carbocycles. The summed E-state index contributed by atoms with van der Waals surface area (Å²) in [5.41, 5.74) is 1.06. The summed E-state index contributed by atoms with van der Waals surface area (Å²) in [5, 5.41) is 26.5. The predicted molar refractivity (Wildman–Crippen MR) is 71.7 cm³/mol. The van der Waals surface area contributed by atoms with Crippen molar-refractivity contribution >= 4 is 28.7 Å². The second-order valence-electron chi connectivity index (χ2n) is 3.78. The molecule has 19 heavy (non-hydrogen) atoms. The first kappa shape index (κ1) is 13.0. The van der Waals surface area contributed by atoms with Gasteiger partial charge < -0.3 is 10.4 Å². The Morgan fingerprint density at radius 1 is 1.42 bits per heavy atom. The summed E-state index contributed by atoms with van der Waals surface area (Å²) in [7, 11) is 0. The number of benzene rings is 1. The zero-order chi connectivity index (χ0) is 13.8. The molecule has 1 aromatic heterocycles. The smallest absolute Gasteiger partial charge is 0.335 e. The lowest BCUT2D eigenvalue weighted by Gasteiger charge is -2.07. The van der Waals surface area contributed by atoms with Crippen molar-refractivity contribution in [3.8, 4) is 0 Å². The molecule has 0 aliphatic heterocycles. The molecule has 0 spiro atoms. The first-order valence-electron chi connectivity index (χ1n) is 5.34. The van der Waals surface area contributed by atoms with E-state index in [1.807, 2.05) is 16.8 Å². The minimum absolute atomic E-state index is 0.0124. The maximum atomic E-state index is 10.9. The minimum atomic E-state index is -1.12. The fourth-order valence-electron chi connectivity index (χ4n) is 1.56. The number of aromatic carboxylic acids is 1. The first-order valence-corrected chi connectivity index (χ1v) is 6.29. The van der Waals surface area contributed by atoms with Gasteiger partial charge in [0.2, 0.25) is 0 Å². The fourth-order valence-corrected chi connectivity index (χ4v) is 2.23. The number of carbonyl (C=O) groups is 1. The van der Waals surface area contributed by atoms with Gasteiger partial charge in [0.1, 0.15) is 5.69 Å². The Hall–Kier alpha value is -2.41. The van der Waals surface area contributed by atoms with E-state index in [2.05, 4.69) is 5.32 Å². The van der Waals surface area contributed by atoms with Crippen LogP contribution in [0.1, 0.15) is 15.9 Å². The molecule has 0 atom stereocenters. The van der Waals surface area contributed by atoms with E-state index in [1.54, 1.807) is 0 Å². The van der Waals surface area contributed by atoms with Crippen molar-refractivity contribution in [1.82, 2.24) is 0 Å². The average Bonchev–Trinajstić information content (AvgIpc) is 2.88. The summed E-state index contributed by atoms with van der Waals surface area (Å²) in [5.74, 6) is -1.12. The van der Waals surface area contributed by atoms with Gasteiger partial charge in [-0.1, -0.05) is 0 Å². The third kappa shape index (κ3) is 3.08. The van der Waals surface area contributed by atoms with Crippen molar-refractivity contribution < 1.29 is 14.8 Å². The molecule has 7 heteroatoms. The number of nitrogens with zero attached hydrogens (tertiary/aromatic N) is 1. The Bertz CT molecular complexity index is 610. The normalized spacial score (nSPS) is 10.1. The highest BCUT2D eigenvalue weighted by Crippen LogP contribution is 2.26. The van der Waals surface area contributed by atoms with Crippen molar-refractivity contribution in [2.45, 2.75) is 6.54 Å². The van der Waals surface area contributed by atoms with E-state index >= 15 is 0 Å². The summed E-state index contributed by atoms with van der Waals surface area (Å²) in [6.45, 7) is 0.410. The van der Waals surface area contributed by atoms with Gasteiger partial charge in [-0.25, -0.2) is 4.79 Å². The number of nitro benzene ring substituents is 1. The van der Waals surface area contributed by atoms with E-state index < -0.39 is 10.9 Å². The van der Waals surface area contributed by atoms with E-state index in [9.17, 15) is 14.9 Å². The molecule has 0 unspecified atom stereocenters. The van der Waals surface area contributed by atoms with Crippen molar-refractivity contribution in [2.24, 2.45) is 0 Å². The van der Waals surface area contributed by atoms with Crippen LogP contribution in [0, 0.1) is 10.1 Å². The number of nitro groups is 1. The number of rotatable bonds is 5. The maximum absolute atomic E-state index is 10.9. The van der Waals surface area contributed by atoms with Crippen LogP contribution in [0.3, 0.4) is 0 Å². The second kappa shape index (κ2) is 5.49. The summed E-state index contributed by atoms with van der Waals surface area (Å²) in [6.07, 6.45) is 0. The van der Waals surface area contributed by atoms with Gasteiger partial charge in [-0.3, -0.25) is 10.1 Å². The van der Waals surface area contributed by atoms with Gasteiger partial charge in [0.25, 0.3) is 5.69 Å². The Balaban J connectivity index is 2.27. The van der Waals surface area contributed by atoms with Crippen molar-refractivity contribution in [3.05, 3.63) is 56.3 Å². The van der Waals surface area contributed by atoms with Crippen LogP contribution >= 0.6 is 11.3 Å². The van der Waals surface area contributed by atoms with Crippen LogP contribution in [0.15, 0.2) is 35.0 Å². The van der Waals surface area contributed by atoms with Gasteiger partial charge >= 0.3 is 5.97 Å². The van der Waals surface area contributed by atoms with Gasteiger partial charge in [0, 0.05) is 12.6 Å². The number of hydrogen-bond donors (Lipinski definition) is 2. The lowest BCUT2D eigenvalue weighted by molar-refractivity contribution is -0.384. The van der Waals surface area contributed by atoms with Crippen molar-refractivity contribution in [3.63, 3.8) is 0 Å². The highest BCUT2D eigenvalue weighted by Gasteiger charge is 2.16. The lowest BCUT2D eigenvalue weighted by Crippen LogP contribution is -2.04. The van der Waals surface area contributed by atoms with Gasteiger partial charge in [-0.2, -0.15) is 11.3 Å². The van der Waals surface area contributed by atoms with Gasteiger partial charge in [-0.05, 0) is 34.5 Å². The third-order valence-electron chi connectivity index (χ3n) is 2.50. The number of thiophene rings is 1. The molecule has 2 N–H and O–H groups in total. The standard InChI is InChI=1S/C12H10N2O4S/c15-12(16)9-1-2-11(14(17)18)10(5-9)13-6-8-3-4-19-7-8/h1-5,7,13H,6H2,(H,15,16). The Kier molecular flexibility index (Phi) is 3.76. The summed E-state index contributed by atoms with van der Waals surface area (Å²) in [6, 6.07) is 5.58. The van der Waals surface area contributed by atoms with Crippen LogP contribution in [0.4, 0.5) is 11.4 Å². The van der Waals surface area contributed by atoms with Crippen LogP contribution in [-0.4, -0.2) is 16.0 Å². The van der Waals surface area contributed by atoms with Gasteiger partial charge in [-0.15, -0.1) is 0 Å². The van der Waals surface area contributed by atoms with E-state index in [0.717, 1.165) is 5.56 Å². The zero-order valence-corrected chi connectivity index (χ0v) is 10.5. The van der Waals surface area contributed by atoms with E-state index in [1.165, 1.54) is 29.5 Å². The monoisotopic (exact) mass is 278 g/mol. The van der Waals surface area contributed by atoms with E-state index in [4.69, 9.17) is 5.11 Å². The van der Waals surface area contributed by atoms with Crippen LogP contribution in [-0.2, 0) is 6.54 Å². The minimum Gasteiger partial charge on any atom is -0.478 e. The number of nitrogens with one attached hydrogen (secondary N) is 1. The largest absolute Gasteiger partial charge is 0.478 e. The number of carboxylic acids is 1. The molecule has 0 amide bonds. The third-order valence-corrected chi connectivity index (χ3v) is 3.24. The molecule has 1 aromatic carbocycles. The Morgan fingerprint density at radius 3 is 2.79 bits per heavy atom. The van der Waals surface area contributed by atoms with Crippen molar-refractivity contribution in [2.75, 3.05) is 5.32 Å². The second-order valence-corrected chi connectivity index (χ2v) is 4.56. The first-order chi connectivity index (χ1) is 9.08. The quantitative estimate of drug-likeness (QED) is 0.648. The lowest BCUT2D eigenvalue weighted by atomic mass is 10.1. The molecule has 0 saturated carbocycles. The summed E-state index contributed by atoms with van der Waals surface area (Å²) < 4.78 is 0. The molecule has 0 saturated heterocycles. The number of carboxylic acid groups (broad SMARTS) is 1. The van der Waals surface area contributed by atoms with Crippen molar-refractivity contribution in [1.29, 1.82) is 0 Å². The average molecular weight is 278 g/mol. The molecule has 2 rings (SSSR count). The Labute approximate surface area is 112 Å². The predicted octanol–water partition coefficient (Wildman–Crippen LogP) is 2.97. The van der Waals surface area contributed by atoms with E-state index in [-0.39, 0.29) is 16.9 Å². The molecule has 2 aromatic rings. The molecule has 6 nitrogen and oxygen atoms in total. The zero-order valence-electron chi connectivity index (χ0n) is 9.70.